The van der Waals surface area contributed by atoms with Crippen LogP contribution in [0.4, 0.5) is 0 Å². The first-order valence-corrected chi connectivity index (χ1v) is 6.85. The summed E-state index contributed by atoms with van der Waals surface area (Å²) in [5.74, 6) is -0.160. The molecule has 0 saturated carbocycles. The average Bonchev–Trinajstić information content (AvgIpc) is 2.15. The van der Waals surface area contributed by atoms with Crippen LogP contribution in [0.25, 0.3) is 0 Å². The number of halogens is 4. The van der Waals surface area contributed by atoms with Crippen molar-refractivity contribution in [1.82, 2.24) is 0 Å². The quantitative estimate of drug-likeness (QED) is 0.483. The summed E-state index contributed by atoms with van der Waals surface area (Å²) >= 11 is 21.3. The summed E-state index contributed by atoms with van der Waals surface area (Å²) in [7, 11) is -4.44. The zero-order chi connectivity index (χ0) is 13.3. The van der Waals surface area contributed by atoms with E-state index in [4.69, 9.17) is 46.4 Å². The van der Waals surface area contributed by atoms with Crippen molar-refractivity contribution >= 4 is 62.8 Å². The molecule has 0 aliphatic rings. The van der Waals surface area contributed by atoms with E-state index in [1.165, 1.54) is 12.1 Å². The number of carbonyl (C=O) groups is 1. The lowest BCUT2D eigenvalue weighted by Gasteiger charge is -2.13. The van der Waals surface area contributed by atoms with Gasteiger partial charge in [-0.2, -0.15) is 8.42 Å². The molecule has 94 valence electrons. The highest BCUT2D eigenvalue weighted by Crippen LogP contribution is 2.35. The molecule has 1 aromatic rings. The van der Waals surface area contributed by atoms with Gasteiger partial charge < -0.3 is 4.18 Å². The van der Waals surface area contributed by atoms with Crippen molar-refractivity contribution in [2.45, 2.75) is 3.12 Å². The molecule has 0 spiro atoms. The van der Waals surface area contributed by atoms with Crippen molar-refractivity contribution in [1.29, 1.82) is 0 Å². The number of rotatable bonds is 3. The fourth-order valence-corrected chi connectivity index (χ4v) is 1.78. The normalized spacial score (nSPS) is 12.2. The molecule has 0 aliphatic heterocycles. The van der Waals surface area contributed by atoms with Crippen LogP contribution in [0.3, 0.4) is 0 Å². The van der Waals surface area contributed by atoms with Gasteiger partial charge in [-0.25, -0.2) is 0 Å². The van der Waals surface area contributed by atoms with Crippen molar-refractivity contribution in [2.24, 2.45) is 0 Å². The number of hydrogen-bond acceptors (Lipinski definition) is 4. The van der Waals surface area contributed by atoms with Crippen LogP contribution in [0.2, 0.25) is 5.02 Å². The topological polar surface area (TPSA) is 60.4 Å². The Labute approximate surface area is 117 Å². The first-order valence-electron chi connectivity index (χ1n) is 3.93. The van der Waals surface area contributed by atoms with E-state index < -0.39 is 13.2 Å². The van der Waals surface area contributed by atoms with Crippen LogP contribution in [-0.2, 0) is 10.1 Å². The van der Waals surface area contributed by atoms with Crippen molar-refractivity contribution < 1.29 is 17.4 Å². The summed E-state index contributed by atoms with van der Waals surface area (Å²) in [5, 5.41) is 0.0250. The maximum absolute atomic E-state index is 11.4. The minimum Gasteiger partial charge on any atom is -0.379 e. The molecule has 0 heterocycles. The summed E-state index contributed by atoms with van der Waals surface area (Å²) in [4.78, 5) is 10.5. The van der Waals surface area contributed by atoms with Gasteiger partial charge in [0.2, 0.25) is 0 Å². The van der Waals surface area contributed by atoms with Gasteiger partial charge in [-0.15, -0.1) is 0 Å². The van der Waals surface area contributed by atoms with E-state index in [2.05, 4.69) is 4.18 Å². The van der Waals surface area contributed by atoms with E-state index in [0.29, 0.717) is 6.29 Å². The smallest absolute Gasteiger partial charge is 0.358 e. The Balaban J connectivity index is 3.06. The summed E-state index contributed by atoms with van der Waals surface area (Å²) in [6, 6.07) is 3.61. The molecule has 9 heteroatoms. The second-order valence-corrected chi connectivity index (χ2v) is 7.83. The molecule has 0 atom stereocenters. The van der Waals surface area contributed by atoms with E-state index >= 15 is 0 Å². The van der Waals surface area contributed by atoms with Crippen LogP contribution in [-0.4, -0.2) is 17.8 Å². The average molecular weight is 338 g/mol. The first-order chi connectivity index (χ1) is 7.67. The molecule has 1 rings (SSSR count). The van der Waals surface area contributed by atoms with Crippen molar-refractivity contribution in [3.63, 3.8) is 0 Å². The van der Waals surface area contributed by atoms with Gasteiger partial charge >= 0.3 is 13.2 Å². The molecular weight excluding hydrogens is 334 g/mol. The lowest BCUT2D eigenvalue weighted by molar-refractivity contribution is 0.112. The largest absolute Gasteiger partial charge is 0.379 e. The third-order valence-corrected chi connectivity index (χ3v) is 4.60. The first kappa shape index (κ1) is 14.9. The summed E-state index contributed by atoms with van der Waals surface area (Å²) in [6.07, 6.45) is 0.509. The van der Waals surface area contributed by atoms with E-state index in [9.17, 15) is 13.2 Å². The highest BCUT2D eigenvalue weighted by Gasteiger charge is 2.40. The second kappa shape index (κ2) is 5.20. The van der Waals surface area contributed by atoms with Crippen molar-refractivity contribution in [3.8, 4) is 5.75 Å². The van der Waals surface area contributed by atoms with Gasteiger partial charge in [0.05, 0.1) is 5.02 Å². The zero-order valence-electron chi connectivity index (χ0n) is 7.86. The van der Waals surface area contributed by atoms with Crippen LogP contribution >= 0.6 is 46.4 Å². The lowest BCUT2D eigenvalue weighted by atomic mass is 10.2. The molecule has 0 radical (unpaired) electrons. The van der Waals surface area contributed by atoms with Crippen molar-refractivity contribution in [3.05, 3.63) is 28.8 Å². The van der Waals surface area contributed by atoms with Crippen molar-refractivity contribution in [2.75, 3.05) is 0 Å². The molecule has 0 N–H and O–H groups in total. The fourth-order valence-electron chi connectivity index (χ4n) is 0.829. The summed E-state index contributed by atoms with van der Waals surface area (Å²) in [6.45, 7) is 0. The number of benzene rings is 1. The molecule has 0 unspecified atom stereocenters. The molecule has 1 aromatic carbocycles. The summed E-state index contributed by atoms with van der Waals surface area (Å²) in [5.41, 5.74) is 0.185. The van der Waals surface area contributed by atoms with Crippen LogP contribution in [0.15, 0.2) is 18.2 Å². The Morgan fingerprint density at radius 1 is 1.24 bits per heavy atom. The van der Waals surface area contributed by atoms with E-state index in [1.54, 1.807) is 0 Å². The van der Waals surface area contributed by atoms with Gasteiger partial charge in [0.1, 0.15) is 5.75 Å². The van der Waals surface area contributed by atoms with E-state index in [1.807, 2.05) is 0 Å². The molecule has 4 nitrogen and oxygen atoms in total. The fraction of sp³-hybridized carbons (Fsp3) is 0.125. The van der Waals surface area contributed by atoms with E-state index in [-0.39, 0.29) is 16.3 Å². The molecule has 0 bridgehead atoms. The minimum absolute atomic E-state index is 0.0250. The Kier molecular flexibility index (Phi) is 4.54. The Morgan fingerprint density at radius 2 is 1.82 bits per heavy atom. The van der Waals surface area contributed by atoms with Crippen LogP contribution in [0.5, 0.6) is 5.75 Å². The molecule has 0 fully saturated rings. The molecule has 0 saturated heterocycles. The van der Waals surface area contributed by atoms with Crippen LogP contribution in [0.1, 0.15) is 10.4 Å². The highest BCUT2D eigenvalue weighted by atomic mass is 35.6. The maximum atomic E-state index is 11.4. The Bertz CT molecular complexity index is 535. The monoisotopic (exact) mass is 336 g/mol. The van der Waals surface area contributed by atoms with Crippen LogP contribution in [0, 0.1) is 0 Å². The third kappa shape index (κ3) is 3.63. The van der Waals surface area contributed by atoms with Crippen LogP contribution < -0.4 is 4.18 Å². The predicted molar refractivity (Wildman–Crippen MR) is 66.7 cm³/mol. The molecular formula is C8H4Cl4O4S. The zero-order valence-corrected chi connectivity index (χ0v) is 11.7. The number of alkyl halides is 3. The molecule has 17 heavy (non-hydrogen) atoms. The number of carbonyl (C=O) groups excluding carboxylic acids is 1. The number of hydrogen-bond donors (Lipinski definition) is 0. The third-order valence-electron chi connectivity index (χ3n) is 1.59. The SMILES string of the molecule is O=Cc1ccc(OS(=O)(=O)C(Cl)(Cl)Cl)cc1Cl. The van der Waals surface area contributed by atoms with Gasteiger partial charge in [0, 0.05) is 11.6 Å². The second-order valence-electron chi connectivity index (χ2n) is 2.78. The maximum Gasteiger partial charge on any atom is 0.358 e. The van der Waals surface area contributed by atoms with Gasteiger partial charge in [-0.1, -0.05) is 46.4 Å². The van der Waals surface area contributed by atoms with Gasteiger partial charge in [0.15, 0.2) is 6.29 Å². The highest BCUT2D eigenvalue weighted by molar-refractivity contribution is 7.93. The minimum atomic E-state index is -4.44. The van der Waals surface area contributed by atoms with E-state index in [0.717, 1.165) is 6.07 Å². The molecule has 0 amide bonds. The molecule has 0 aliphatic carbocycles. The molecule has 0 aromatic heterocycles. The lowest BCUT2D eigenvalue weighted by Crippen LogP contribution is -2.24. The Hall–Kier alpha value is -0.200. The summed E-state index contributed by atoms with van der Waals surface area (Å²) < 4.78 is 24.6. The van der Waals surface area contributed by atoms with Gasteiger partial charge in [-0.3, -0.25) is 4.79 Å². The van der Waals surface area contributed by atoms with Gasteiger partial charge in [0.25, 0.3) is 0 Å². The van der Waals surface area contributed by atoms with Gasteiger partial charge in [-0.05, 0) is 12.1 Å². The number of aldehydes is 1. The Morgan fingerprint density at radius 3 is 2.24 bits per heavy atom. The predicted octanol–water partition coefficient (Wildman–Crippen LogP) is 3.19. The standard InChI is InChI=1S/C8H4Cl4O4S/c9-7-3-6(2-1-5(7)4-13)16-17(14,15)8(10,11)12/h1-4H.